The fourth-order valence-corrected chi connectivity index (χ4v) is 6.74. The molecule has 2 heterocycles. The van der Waals surface area contributed by atoms with Crippen molar-refractivity contribution < 1.29 is 8.42 Å². The van der Waals surface area contributed by atoms with Gasteiger partial charge >= 0.3 is 0 Å². The number of benzene rings is 3. The Labute approximate surface area is 216 Å². The van der Waals surface area contributed by atoms with E-state index in [2.05, 4.69) is 31.2 Å². The Morgan fingerprint density at radius 2 is 1.66 bits per heavy atom. The number of halogens is 1. The fourth-order valence-electron chi connectivity index (χ4n) is 3.94. The Kier molecular flexibility index (Phi) is 6.55. The summed E-state index contributed by atoms with van der Waals surface area (Å²) >= 11 is 5.01. The van der Waals surface area contributed by atoms with E-state index >= 15 is 0 Å². The van der Waals surface area contributed by atoms with Crippen LogP contribution in [0.5, 0.6) is 0 Å². The minimum atomic E-state index is -3.84. The van der Waals surface area contributed by atoms with Crippen LogP contribution < -0.4 is 9.62 Å². The summed E-state index contributed by atoms with van der Waals surface area (Å²) in [5.74, 6) is 0.555. The molecule has 0 aliphatic rings. The van der Waals surface area contributed by atoms with Crippen LogP contribution in [0.1, 0.15) is 6.92 Å². The van der Waals surface area contributed by atoms with E-state index in [1.54, 1.807) is 30.3 Å². The standard InChI is InChI=1S/C26H21BrN4O2S2/c1-2-31(20-8-4-3-5-9-20)35(32,33)23-11-7-6-10-22(23)30-25-24-21(16-34-26(24)29-17-28-25)18-12-14-19(27)15-13-18/h3-17H,2H2,1H3,(H,28,29,30). The number of aromatic nitrogens is 2. The van der Waals surface area contributed by atoms with Crippen molar-refractivity contribution >= 4 is 64.7 Å². The molecule has 0 fully saturated rings. The zero-order valence-electron chi connectivity index (χ0n) is 18.7. The van der Waals surface area contributed by atoms with Gasteiger partial charge in [0.15, 0.2) is 0 Å². The molecular weight excluding hydrogens is 544 g/mol. The molecule has 0 aliphatic carbocycles. The first-order chi connectivity index (χ1) is 17.0. The van der Waals surface area contributed by atoms with Crippen LogP contribution in [-0.2, 0) is 10.0 Å². The second kappa shape index (κ2) is 9.77. The third-order valence-corrected chi connectivity index (χ3v) is 8.94. The summed E-state index contributed by atoms with van der Waals surface area (Å²) in [6.07, 6.45) is 1.49. The first-order valence-electron chi connectivity index (χ1n) is 10.9. The van der Waals surface area contributed by atoms with E-state index in [9.17, 15) is 8.42 Å². The van der Waals surface area contributed by atoms with Crippen molar-refractivity contribution in [3.05, 3.63) is 95.0 Å². The topological polar surface area (TPSA) is 75.2 Å². The molecule has 6 nitrogen and oxygen atoms in total. The number of nitrogens with zero attached hydrogens (tertiary/aromatic N) is 3. The summed E-state index contributed by atoms with van der Waals surface area (Å²) in [6, 6.07) is 24.0. The van der Waals surface area contributed by atoms with Crippen LogP contribution >= 0.6 is 27.3 Å². The van der Waals surface area contributed by atoms with Crippen LogP contribution in [0, 0.1) is 0 Å². The Bertz CT molecular complexity index is 1590. The largest absolute Gasteiger partial charge is 0.338 e. The Morgan fingerprint density at radius 1 is 0.943 bits per heavy atom. The molecule has 5 aromatic rings. The van der Waals surface area contributed by atoms with Gasteiger partial charge in [-0.3, -0.25) is 4.31 Å². The van der Waals surface area contributed by atoms with E-state index < -0.39 is 10.0 Å². The average Bonchev–Trinajstić information content (AvgIpc) is 3.31. The number of hydrogen-bond acceptors (Lipinski definition) is 6. The Hall–Kier alpha value is -3.27. The van der Waals surface area contributed by atoms with E-state index in [0.717, 1.165) is 25.8 Å². The SMILES string of the molecule is CCN(c1ccccc1)S(=O)(=O)c1ccccc1Nc1ncnc2scc(-c3ccc(Br)cc3)c12. The van der Waals surface area contributed by atoms with Crippen molar-refractivity contribution in [1.82, 2.24) is 9.97 Å². The lowest BCUT2D eigenvalue weighted by Gasteiger charge is -2.24. The number of para-hydroxylation sites is 2. The molecule has 2 aromatic heterocycles. The fraction of sp³-hybridized carbons (Fsp3) is 0.0769. The van der Waals surface area contributed by atoms with E-state index in [-0.39, 0.29) is 4.90 Å². The van der Waals surface area contributed by atoms with Gasteiger partial charge < -0.3 is 5.32 Å². The van der Waals surface area contributed by atoms with Gasteiger partial charge in [-0.05, 0) is 48.9 Å². The number of thiophene rings is 1. The molecule has 0 radical (unpaired) electrons. The van der Waals surface area contributed by atoms with Gasteiger partial charge in [-0.15, -0.1) is 11.3 Å². The molecule has 35 heavy (non-hydrogen) atoms. The number of rotatable bonds is 7. The highest BCUT2D eigenvalue weighted by atomic mass is 79.9. The molecular formula is C26H21BrN4O2S2. The highest BCUT2D eigenvalue weighted by Crippen LogP contribution is 2.39. The lowest BCUT2D eigenvalue weighted by atomic mass is 10.1. The average molecular weight is 566 g/mol. The Balaban J connectivity index is 1.60. The minimum absolute atomic E-state index is 0.179. The van der Waals surface area contributed by atoms with Crippen molar-refractivity contribution in [2.75, 3.05) is 16.2 Å². The van der Waals surface area contributed by atoms with Crippen molar-refractivity contribution in [2.24, 2.45) is 0 Å². The molecule has 0 unspecified atom stereocenters. The van der Waals surface area contributed by atoms with Gasteiger partial charge in [0.2, 0.25) is 0 Å². The molecule has 0 saturated carbocycles. The van der Waals surface area contributed by atoms with E-state index in [4.69, 9.17) is 0 Å². The smallest absolute Gasteiger partial charge is 0.266 e. The molecule has 0 aliphatic heterocycles. The van der Waals surface area contributed by atoms with Gasteiger partial charge in [0.25, 0.3) is 10.0 Å². The van der Waals surface area contributed by atoms with Crippen LogP contribution in [0.2, 0.25) is 0 Å². The maximum absolute atomic E-state index is 13.8. The third kappa shape index (κ3) is 4.54. The summed E-state index contributed by atoms with van der Waals surface area (Å²) < 4.78 is 29.9. The highest BCUT2D eigenvalue weighted by Gasteiger charge is 2.27. The summed E-state index contributed by atoms with van der Waals surface area (Å²) in [5.41, 5.74) is 3.08. The van der Waals surface area contributed by atoms with E-state index in [1.165, 1.54) is 22.0 Å². The van der Waals surface area contributed by atoms with E-state index in [0.29, 0.717) is 23.7 Å². The molecule has 9 heteroatoms. The van der Waals surface area contributed by atoms with Crippen molar-refractivity contribution in [3.8, 4) is 11.1 Å². The first kappa shape index (κ1) is 23.5. The van der Waals surface area contributed by atoms with Gasteiger partial charge in [-0.1, -0.05) is 58.4 Å². The third-order valence-electron chi connectivity index (χ3n) is 5.57. The second-order valence-corrected chi connectivity index (χ2v) is 11.3. The van der Waals surface area contributed by atoms with Crippen LogP contribution in [0.3, 0.4) is 0 Å². The van der Waals surface area contributed by atoms with Crippen LogP contribution in [0.15, 0.2) is 99.9 Å². The zero-order valence-corrected chi connectivity index (χ0v) is 21.9. The van der Waals surface area contributed by atoms with Crippen molar-refractivity contribution in [2.45, 2.75) is 11.8 Å². The number of sulfonamides is 1. The van der Waals surface area contributed by atoms with Crippen LogP contribution in [-0.4, -0.2) is 24.9 Å². The number of hydrogen-bond donors (Lipinski definition) is 1. The van der Waals surface area contributed by atoms with Crippen molar-refractivity contribution in [1.29, 1.82) is 0 Å². The summed E-state index contributed by atoms with van der Waals surface area (Å²) in [6.45, 7) is 2.13. The molecule has 0 bridgehead atoms. The highest BCUT2D eigenvalue weighted by molar-refractivity contribution is 9.10. The molecule has 0 atom stereocenters. The van der Waals surface area contributed by atoms with Gasteiger partial charge in [0.05, 0.1) is 16.8 Å². The summed E-state index contributed by atoms with van der Waals surface area (Å²) in [4.78, 5) is 9.92. The summed E-state index contributed by atoms with van der Waals surface area (Å²) in [7, 11) is -3.84. The first-order valence-corrected chi connectivity index (χ1v) is 14.0. The second-order valence-electron chi connectivity index (χ2n) is 7.69. The molecule has 0 saturated heterocycles. The van der Waals surface area contributed by atoms with Gasteiger partial charge in [-0.2, -0.15) is 0 Å². The van der Waals surface area contributed by atoms with Gasteiger partial charge in [0, 0.05) is 22.0 Å². The number of nitrogens with one attached hydrogen (secondary N) is 1. The normalized spacial score (nSPS) is 11.5. The van der Waals surface area contributed by atoms with E-state index in [1.807, 2.05) is 60.8 Å². The molecule has 3 aromatic carbocycles. The predicted molar refractivity (Wildman–Crippen MR) is 147 cm³/mol. The lowest BCUT2D eigenvalue weighted by Crippen LogP contribution is -2.31. The monoisotopic (exact) mass is 564 g/mol. The maximum atomic E-state index is 13.8. The Morgan fingerprint density at radius 3 is 2.40 bits per heavy atom. The minimum Gasteiger partial charge on any atom is -0.338 e. The molecule has 0 spiro atoms. The van der Waals surface area contributed by atoms with Gasteiger partial charge in [0.1, 0.15) is 21.9 Å². The molecule has 5 rings (SSSR count). The van der Waals surface area contributed by atoms with Crippen LogP contribution in [0.4, 0.5) is 17.2 Å². The lowest BCUT2D eigenvalue weighted by molar-refractivity contribution is 0.592. The molecule has 1 N–H and O–H groups in total. The quantitative estimate of drug-likeness (QED) is 0.228. The molecule has 0 amide bonds. The summed E-state index contributed by atoms with van der Waals surface area (Å²) in [5, 5.41) is 6.20. The molecule has 176 valence electrons. The van der Waals surface area contributed by atoms with Crippen LogP contribution in [0.25, 0.3) is 21.3 Å². The number of anilines is 3. The van der Waals surface area contributed by atoms with Gasteiger partial charge in [-0.25, -0.2) is 18.4 Å². The van der Waals surface area contributed by atoms with Crippen molar-refractivity contribution in [3.63, 3.8) is 0 Å². The predicted octanol–water partition coefficient (Wildman–Crippen LogP) is 7.08. The number of fused-ring (bicyclic) bond motifs is 1. The maximum Gasteiger partial charge on any atom is 0.266 e. The zero-order chi connectivity index (χ0) is 24.4.